The third-order valence-electron chi connectivity index (χ3n) is 4.61. The van der Waals surface area contributed by atoms with Crippen LogP contribution in [0.15, 0.2) is 40.8 Å². The molecule has 1 aliphatic rings. The van der Waals surface area contributed by atoms with Gasteiger partial charge < -0.3 is 15.0 Å². The summed E-state index contributed by atoms with van der Waals surface area (Å²) >= 11 is 1.53. The molecule has 0 saturated carbocycles. The van der Waals surface area contributed by atoms with Crippen molar-refractivity contribution >= 4 is 39.5 Å². The molecule has 1 amide bonds. The lowest BCUT2D eigenvalue weighted by molar-refractivity contribution is -0.141. The highest BCUT2D eigenvalue weighted by Crippen LogP contribution is 2.34. The Morgan fingerprint density at radius 3 is 2.83 bits per heavy atom. The molecule has 2 aromatic heterocycles. The van der Waals surface area contributed by atoms with Crippen LogP contribution in [0.5, 0.6) is 0 Å². The molecule has 7 nitrogen and oxygen atoms in total. The van der Waals surface area contributed by atoms with Gasteiger partial charge >= 0.3 is 5.97 Å². The minimum Gasteiger partial charge on any atom is -0.453 e. The monoisotopic (exact) mass is 409 g/mol. The highest BCUT2D eigenvalue weighted by Gasteiger charge is 2.21. The van der Waals surface area contributed by atoms with Crippen molar-refractivity contribution in [3.63, 3.8) is 0 Å². The number of aromatic amines is 1. The van der Waals surface area contributed by atoms with Crippen LogP contribution < -0.4 is 10.9 Å². The number of ether oxygens (including phenoxy) is 1. The second-order valence-corrected chi connectivity index (χ2v) is 7.86. The third kappa shape index (κ3) is 4.12. The Labute approximate surface area is 170 Å². The number of benzene rings is 1. The first-order valence-corrected chi connectivity index (χ1v) is 10.1. The number of carbonyl (C=O) groups is 2. The SMILES string of the molecule is CC(=O)N/C(=C\c1ccccc1)C(=O)OCc1nc2sc3c(c2c(=O)[nH]1)CCC3. The minimum atomic E-state index is -0.708. The molecule has 2 heterocycles. The molecule has 0 saturated heterocycles. The predicted molar refractivity (Wildman–Crippen MR) is 110 cm³/mol. The van der Waals surface area contributed by atoms with Gasteiger partial charge in [-0.25, -0.2) is 9.78 Å². The minimum absolute atomic E-state index is 0.0159. The van der Waals surface area contributed by atoms with Crippen molar-refractivity contribution in [2.24, 2.45) is 0 Å². The summed E-state index contributed by atoms with van der Waals surface area (Å²) in [5.74, 6) is -0.816. The molecule has 0 spiro atoms. The van der Waals surface area contributed by atoms with Crippen LogP contribution in [-0.2, 0) is 33.8 Å². The van der Waals surface area contributed by atoms with E-state index in [1.54, 1.807) is 12.1 Å². The quantitative estimate of drug-likeness (QED) is 0.498. The number of aromatic nitrogens is 2. The highest BCUT2D eigenvalue weighted by molar-refractivity contribution is 7.18. The number of nitrogens with one attached hydrogen (secondary N) is 2. The number of amides is 1. The number of rotatable bonds is 5. The summed E-state index contributed by atoms with van der Waals surface area (Å²) < 4.78 is 5.29. The molecule has 0 fully saturated rings. The number of thiophene rings is 1. The third-order valence-corrected chi connectivity index (χ3v) is 5.79. The molecule has 0 radical (unpaired) electrons. The number of esters is 1. The fraction of sp³-hybridized carbons (Fsp3) is 0.238. The Morgan fingerprint density at radius 1 is 1.28 bits per heavy atom. The van der Waals surface area contributed by atoms with Crippen molar-refractivity contribution in [3.05, 3.63) is 68.2 Å². The summed E-state index contributed by atoms with van der Waals surface area (Å²) in [4.78, 5) is 45.5. The van der Waals surface area contributed by atoms with Gasteiger partial charge in [0.2, 0.25) is 5.91 Å². The first-order valence-electron chi connectivity index (χ1n) is 9.26. The van der Waals surface area contributed by atoms with Crippen LogP contribution in [-0.4, -0.2) is 21.8 Å². The maximum absolute atomic E-state index is 12.5. The first kappa shape index (κ1) is 19.1. The number of H-pyrrole nitrogens is 1. The van der Waals surface area contributed by atoms with Gasteiger partial charge in [-0.15, -0.1) is 11.3 Å². The van der Waals surface area contributed by atoms with Gasteiger partial charge in [0.25, 0.3) is 5.56 Å². The van der Waals surface area contributed by atoms with E-state index in [1.165, 1.54) is 29.2 Å². The van der Waals surface area contributed by atoms with Crippen molar-refractivity contribution in [2.75, 3.05) is 0 Å². The highest BCUT2D eigenvalue weighted by atomic mass is 32.1. The van der Waals surface area contributed by atoms with E-state index in [2.05, 4.69) is 15.3 Å². The molecule has 2 N–H and O–H groups in total. The Balaban J connectivity index is 1.54. The maximum Gasteiger partial charge on any atom is 0.355 e. The molecule has 0 bridgehead atoms. The van der Waals surface area contributed by atoms with Gasteiger partial charge in [0.05, 0.1) is 5.39 Å². The average molecular weight is 409 g/mol. The molecule has 8 heteroatoms. The molecular weight excluding hydrogens is 390 g/mol. The summed E-state index contributed by atoms with van der Waals surface area (Å²) in [6, 6.07) is 9.11. The van der Waals surface area contributed by atoms with Crippen molar-refractivity contribution < 1.29 is 14.3 Å². The fourth-order valence-electron chi connectivity index (χ4n) is 3.38. The number of carbonyl (C=O) groups excluding carboxylic acids is 2. The van der Waals surface area contributed by atoms with Crippen LogP contribution >= 0.6 is 11.3 Å². The largest absolute Gasteiger partial charge is 0.453 e. The zero-order valence-corrected chi connectivity index (χ0v) is 16.6. The summed E-state index contributed by atoms with van der Waals surface area (Å²) in [7, 11) is 0. The first-order chi connectivity index (χ1) is 14.0. The molecule has 0 unspecified atom stereocenters. The van der Waals surface area contributed by atoms with Gasteiger partial charge in [0, 0.05) is 11.8 Å². The van der Waals surface area contributed by atoms with E-state index in [4.69, 9.17) is 4.74 Å². The molecule has 148 valence electrons. The second-order valence-electron chi connectivity index (χ2n) is 6.78. The Bertz CT molecular complexity index is 1180. The lowest BCUT2D eigenvalue weighted by Crippen LogP contribution is -2.26. The van der Waals surface area contributed by atoms with Gasteiger partial charge in [-0.05, 0) is 36.5 Å². The van der Waals surface area contributed by atoms with Crippen molar-refractivity contribution in [1.29, 1.82) is 0 Å². The number of hydrogen-bond acceptors (Lipinski definition) is 6. The van der Waals surface area contributed by atoms with Gasteiger partial charge in [0.15, 0.2) is 0 Å². The molecule has 1 aromatic carbocycles. The summed E-state index contributed by atoms with van der Waals surface area (Å²) in [6.45, 7) is 1.12. The summed E-state index contributed by atoms with van der Waals surface area (Å²) in [5, 5.41) is 3.14. The molecular formula is C21H19N3O4S. The van der Waals surface area contributed by atoms with Gasteiger partial charge in [-0.2, -0.15) is 0 Å². The number of fused-ring (bicyclic) bond motifs is 3. The van der Waals surface area contributed by atoms with Gasteiger partial charge in [0.1, 0.15) is 23.0 Å². The fourth-order valence-corrected chi connectivity index (χ4v) is 4.66. The standard InChI is InChI=1S/C21H19N3O4S/c1-12(25)22-15(10-13-6-3-2-4-7-13)21(27)28-11-17-23-19(26)18-14-8-5-9-16(14)29-20(18)24-17/h2-4,6-7,10H,5,8-9,11H2,1H3,(H,22,25)(H,23,24,26)/b15-10-. The van der Waals surface area contributed by atoms with Crippen LogP contribution in [0.1, 0.15) is 35.2 Å². The Hall–Kier alpha value is -3.26. The summed E-state index contributed by atoms with van der Waals surface area (Å²) in [6.07, 6.45) is 4.48. The molecule has 3 aromatic rings. The topological polar surface area (TPSA) is 101 Å². The van der Waals surface area contributed by atoms with Crippen LogP contribution in [0.3, 0.4) is 0 Å². The smallest absolute Gasteiger partial charge is 0.355 e. The van der Waals surface area contributed by atoms with E-state index in [9.17, 15) is 14.4 Å². The van der Waals surface area contributed by atoms with Crippen LogP contribution in [0.25, 0.3) is 16.3 Å². The van der Waals surface area contributed by atoms with Crippen molar-refractivity contribution in [3.8, 4) is 0 Å². The molecule has 1 aliphatic carbocycles. The van der Waals surface area contributed by atoms with E-state index in [1.807, 2.05) is 18.2 Å². The number of nitrogens with zero attached hydrogens (tertiary/aromatic N) is 1. The van der Waals surface area contributed by atoms with E-state index < -0.39 is 5.97 Å². The zero-order valence-electron chi connectivity index (χ0n) is 15.8. The Morgan fingerprint density at radius 2 is 2.07 bits per heavy atom. The maximum atomic E-state index is 12.5. The summed E-state index contributed by atoms with van der Waals surface area (Å²) in [5.41, 5.74) is 1.65. The molecule has 0 atom stereocenters. The average Bonchev–Trinajstić information content (AvgIpc) is 3.27. The van der Waals surface area contributed by atoms with Gasteiger partial charge in [-0.3, -0.25) is 9.59 Å². The molecule has 0 aliphatic heterocycles. The number of hydrogen-bond donors (Lipinski definition) is 2. The van der Waals surface area contributed by atoms with Crippen LogP contribution in [0.4, 0.5) is 0 Å². The van der Waals surface area contributed by atoms with Crippen LogP contribution in [0, 0.1) is 0 Å². The van der Waals surface area contributed by atoms with E-state index in [-0.39, 0.29) is 29.6 Å². The molecule has 4 rings (SSSR count). The zero-order chi connectivity index (χ0) is 20.4. The van der Waals surface area contributed by atoms with E-state index >= 15 is 0 Å². The van der Waals surface area contributed by atoms with E-state index in [0.29, 0.717) is 10.2 Å². The second kappa shape index (κ2) is 8.00. The van der Waals surface area contributed by atoms with Gasteiger partial charge in [-0.1, -0.05) is 30.3 Å². The lowest BCUT2D eigenvalue weighted by Gasteiger charge is -2.09. The molecule has 29 heavy (non-hydrogen) atoms. The Kier molecular flexibility index (Phi) is 5.26. The predicted octanol–water partition coefficient (Wildman–Crippen LogP) is 2.69. The van der Waals surface area contributed by atoms with Crippen molar-refractivity contribution in [1.82, 2.24) is 15.3 Å². The van der Waals surface area contributed by atoms with E-state index in [0.717, 1.165) is 30.4 Å². The normalized spacial score (nSPS) is 13.3. The van der Waals surface area contributed by atoms with Crippen LogP contribution in [0.2, 0.25) is 0 Å². The van der Waals surface area contributed by atoms with Crippen molar-refractivity contribution in [2.45, 2.75) is 32.8 Å². The lowest BCUT2D eigenvalue weighted by atomic mass is 10.2. The number of aryl methyl sites for hydroxylation is 2.